The van der Waals surface area contributed by atoms with Gasteiger partial charge in [-0.3, -0.25) is 4.79 Å². The molecule has 0 fully saturated rings. The van der Waals surface area contributed by atoms with Gasteiger partial charge in [0, 0.05) is 6.04 Å². The molecule has 0 saturated carbocycles. The van der Waals surface area contributed by atoms with Crippen molar-refractivity contribution < 1.29 is 9.21 Å². The minimum atomic E-state index is -0.201. The number of nitrogens with zero attached hydrogens (tertiary/aromatic N) is 1. The molecule has 0 aromatic carbocycles. The Morgan fingerprint density at radius 2 is 2.13 bits per heavy atom. The number of aromatic nitrogens is 1. The molecule has 1 heterocycles. The van der Waals surface area contributed by atoms with Crippen molar-refractivity contribution in [1.82, 2.24) is 10.3 Å². The summed E-state index contributed by atoms with van der Waals surface area (Å²) in [6.07, 6.45) is 1.28. The first kappa shape index (κ1) is 11.8. The smallest absolute Gasteiger partial charge is 0.289 e. The Kier molecular flexibility index (Phi) is 3.17. The molecule has 1 aromatic heterocycles. The average Bonchev–Trinajstić information content (AvgIpc) is 2.49. The number of hydrogen-bond acceptors (Lipinski definition) is 3. The van der Waals surface area contributed by atoms with Gasteiger partial charge in [0.25, 0.3) is 5.91 Å². The van der Waals surface area contributed by atoms with E-state index in [1.165, 1.54) is 6.39 Å². The summed E-state index contributed by atoms with van der Waals surface area (Å²) in [5.41, 5.74) is 0.650. The van der Waals surface area contributed by atoms with Gasteiger partial charge in [-0.1, -0.05) is 20.8 Å². The molecule has 0 spiro atoms. The highest BCUT2D eigenvalue weighted by molar-refractivity contribution is 5.92. The molecule has 84 valence electrons. The predicted molar refractivity (Wildman–Crippen MR) is 57.6 cm³/mol. The number of rotatable bonds is 2. The standard InChI is InChI=1S/C11H18N2O2/c1-7-9(15-6-12-7)10(14)13-8(2)11(3,4)5/h6,8H,1-5H3,(H,13,14). The van der Waals surface area contributed by atoms with Gasteiger partial charge >= 0.3 is 0 Å². The molecule has 4 nitrogen and oxygen atoms in total. The quantitative estimate of drug-likeness (QED) is 0.813. The van der Waals surface area contributed by atoms with Crippen LogP contribution in [-0.2, 0) is 0 Å². The Morgan fingerprint density at radius 1 is 1.53 bits per heavy atom. The zero-order valence-electron chi connectivity index (χ0n) is 9.92. The van der Waals surface area contributed by atoms with Crippen molar-refractivity contribution >= 4 is 5.91 Å². The Hall–Kier alpha value is -1.32. The first-order chi connectivity index (χ1) is 6.82. The van der Waals surface area contributed by atoms with Gasteiger partial charge in [-0.15, -0.1) is 0 Å². The molecule has 15 heavy (non-hydrogen) atoms. The van der Waals surface area contributed by atoms with E-state index >= 15 is 0 Å². The van der Waals surface area contributed by atoms with Gasteiger partial charge in [-0.05, 0) is 19.3 Å². The van der Waals surface area contributed by atoms with Crippen LogP contribution in [0.5, 0.6) is 0 Å². The molecule has 0 bridgehead atoms. The Labute approximate surface area is 90.1 Å². The highest BCUT2D eigenvalue weighted by Crippen LogP contribution is 2.19. The fourth-order valence-electron chi connectivity index (χ4n) is 0.999. The summed E-state index contributed by atoms with van der Waals surface area (Å²) in [6.45, 7) is 9.95. The lowest BCUT2D eigenvalue weighted by atomic mass is 9.88. The van der Waals surface area contributed by atoms with Crippen molar-refractivity contribution in [3.63, 3.8) is 0 Å². The number of hydrogen-bond donors (Lipinski definition) is 1. The normalized spacial score (nSPS) is 13.7. The van der Waals surface area contributed by atoms with E-state index < -0.39 is 0 Å². The van der Waals surface area contributed by atoms with Crippen molar-refractivity contribution in [2.45, 2.75) is 40.7 Å². The summed E-state index contributed by atoms with van der Waals surface area (Å²) in [4.78, 5) is 15.6. The Morgan fingerprint density at radius 3 is 2.53 bits per heavy atom. The molecule has 0 saturated heterocycles. The predicted octanol–water partition coefficient (Wildman–Crippen LogP) is 2.15. The molecule has 4 heteroatoms. The minimum absolute atomic E-state index is 0.0313. The lowest BCUT2D eigenvalue weighted by molar-refractivity contribution is 0.0881. The monoisotopic (exact) mass is 210 g/mol. The molecule has 1 rings (SSSR count). The third-order valence-corrected chi connectivity index (χ3v) is 2.60. The molecule has 1 amide bonds. The van der Waals surface area contributed by atoms with Crippen LogP contribution in [0.2, 0.25) is 0 Å². The van der Waals surface area contributed by atoms with Crippen LogP contribution < -0.4 is 5.32 Å². The van der Waals surface area contributed by atoms with E-state index in [1.54, 1.807) is 6.92 Å². The Bertz CT molecular complexity index is 350. The lowest BCUT2D eigenvalue weighted by Crippen LogP contribution is -2.41. The van der Waals surface area contributed by atoms with Crippen LogP contribution in [0.3, 0.4) is 0 Å². The summed E-state index contributed by atoms with van der Waals surface area (Å²) in [6, 6.07) is 0.0782. The molecule has 1 aromatic rings. The number of carbonyl (C=O) groups excluding carboxylic acids is 1. The van der Waals surface area contributed by atoms with Gasteiger partial charge in [0.2, 0.25) is 5.76 Å². The number of oxazole rings is 1. The SMILES string of the molecule is Cc1ncoc1C(=O)NC(C)C(C)(C)C. The molecule has 1 N–H and O–H groups in total. The second-order valence-corrected chi connectivity index (χ2v) is 4.83. The van der Waals surface area contributed by atoms with Gasteiger partial charge in [0.05, 0.1) is 5.69 Å². The molecular formula is C11H18N2O2. The first-order valence-electron chi connectivity index (χ1n) is 5.03. The second kappa shape index (κ2) is 4.04. The van der Waals surface area contributed by atoms with Gasteiger partial charge in [0.15, 0.2) is 6.39 Å². The van der Waals surface area contributed by atoms with Crippen LogP contribution in [0.25, 0.3) is 0 Å². The molecule has 1 unspecified atom stereocenters. The minimum Gasteiger partial charge on any atom is -0.438 e. The zero-order valence-corrected chi connectivity index (χ0v) is 9.92. The third kappa shape index (κ3) is 2.81. The van der Waals surface area contributed by atoms with Crippen LogP contribution in [0, 0.1) is 12.3 Å². The molecular weight excluding hydrogens is 192 g/mol. The highest BCUT2D eigenvalue weighted by atomic mass is 16.3. The van der Waals surface area contributed by atoms with E-state index in [0.717, 1.165) is 0 Å². The maximum Gasteiger partial charge on any atom is 0.289 e. The fourth-order valence-corrected chi connectivity index (χ4v) is 0.999. The van der Waals surface area contributed by atoms with Crippen molar-refractivity contribution in [2.75, 3.05) is 0 Å². The summed E-state index contributed by atoms with van der Waals surface area (Å²) in [5.74, 6) is 0.0959. The van der Waals surface area contributed by atoms with Crippen LogP contribution >= 0.6 is 0 Å². The number of aryl methyl sites for hydroxylation is 1. The van der Waals surface area contributed by atoms with Crippen LogP contribution in [-0.4, -0.2) is 16.9 Å². The average molecular weight is 210 g/mol. The number of carbonyl (C=O) groups is 1. The molecule has 0 aliphatic rings. The molecule has 0 aliphatic carbocycles. The van der Waals surface area contributed by atoms with Crippen LogP contribution in [0.1, 0.15) is 43.9 Å². The number of nitrogens with one attached hydrogen (secondary N) is 1. The van der Waals surface area contributed by atoms with Crippen molar-refractivity contribution in [3.8, 4) is 0 Å². The summed E-state index contributed by atoms with van der Waals surface area (Å²) in [5, 5.41) is 2.89. The van der Waals surface area contributed by atoms with E-state index in [9.17, 15) is 4.79 Å². The topological polar surface area (TPSA) is 55.1 Å². The van der Waals surface area contributed by atoms with E-state index in [0.29, 0.717) is 11.5 Å². The molecule has 0 aliphatic heterocycles. The molecule has 0 radical (unpaired) electrons. The van der Waals surface area contributed by atoms with Crippen LogP contribution in [0.15, 0.2) is 10.8 Å². The summed E-state index contributed by atoms with van der Waals surface area (Å²) < 4.78 is 5.02. The first-order valence-corrected chi connectivity index (χ1v) is 5.03. The van der Waals surface area contributed by atoms with Gasteiger partial charge in [-0.2, -0.15) is 0 Å². The number of amides is 1. The largest absolute Gasteiger partial charge is 0.438 e. The molecule has 1 atom stereocenters. The van der Waals surface area contributed by atoms with E-state index in [2.05, 4.69) is 31.1 Å². The van der Waals surface area contributed by atoms with E-state index in [-0.39, 0.29) is 17.4 Å². The van der Waals surface area contributed by atoms with E-state index in [4.69, 9.17) is 4.42 Å². The van der Waals surface area contributed by atoms with Gasteiger partial charge in [-0.25, -0.2) is 4.98 Å². The highest BCUT2D eigenvalue weighted by Gasteiger charge is 2.24. The second-order valence-electron chi connectivity index (χ2n) is 4.83. The summed E-state index contributed by atoms with van der Waals surface area (Å²) >= 11 is 0. The summed E-state index contributed by atoms with van der Waals surface area (Å²) in [7, 11) is 0. The van der Waals surface area contributed by atoms with Gasteiger partial charge < -0.3 is 9.73 Å². The van der Waals surface area contributed by atoms with E-state index in [1.807, 2.05) is 6.92 Å². The van der Waals surface area contributed by atoms with Crippen LogP contribution in [0.4, 0.5) is 0 Å². The van der Waals surface area contributed by atoms with Crippen molar-refractivity contribution in [1.29, 1.82) is 0 Å². The maximum atomic E-state index is 11.7. The lowest BCUT2D eigenvalue weighted by Gasteiger charge is -2.27. The zero-order chi connectivity index (χ0) is 11.6. The third-order valence-electron chi connectivity index (χ3n) is 2.60. The fraction of sp³-hybridized carbons (Fsp3) is 0.636. The maximum absolute atomic E-state index is 11.7. The Balaban J connectivity index is 2.69. The van der Waals surface area contributed by atoms with Gasteiger partial charge in [0.1, 0.15) is 0 Å². The van der Waals surface area contributed by atoms with Crippen molar-refractivity contribution in [2.24, 2.45) is 5.41 Å². The van der Waals surface area contributed by atoms with Crippen molar-refractivity contribution in [3.05, 3.63) is 17.8 Å².